The molecule has 0 bridgehead atoms. The molecule has 0 aliphatic rings. The molecule has 1 N–H and O–H groups in total. The van der Waals surface area contributed by atoms with E-state index in [-0.39, 0.29) is 5.71 Å². The van der Waals surface area contributed by atoms with E-state index < -0.39 is 5.97 Å². The molecule has 0 rings (SSSR count). The van der Waals surface area contributed by atoms with Gasteiger partial charge in [-0.1, -0.05) is 26.2 Å². The first-order valence-corrected chi connectivity index (χ1v) is 4.42. The van der Waals surface area contributed by atoms with Crippen molar-refractivity contribution in [1.29, 1.82) is 0 Å². The molecule has 0 aromatic heterocycles. The minimum atomic E-state index is -0.912. The Morgan fingerprint density at radius 3 is 2.50 bits per heavy atom. The van der Waals surface area contributed by atoms with E-state index in [1.807, 2.05) is 0 Å². The zero-order chi connectivity index (χ0) is 9.40. The highest BCUT2D eigenvalue weighted by Gasteiger charge is 1.99. The molecule has 3 heteroatoms. The van der Waals surface area contributed by atoms with Crippen LogP contribution in [-0.2, 0) is 4.79 Å². The summed E-state index contributed by atoms with van der Waals surface area (Å²) in [6.07, 6.45) is 4.55. The van der Waals surface area contributed by atoms with E-state index in [0.717, 1.165) is 12.8 Å². The number of hydrogen-bond donors (Lipinski definition) is 1. The highest BCUT2D eigenvalue weighted by Crippen LogP contribution is 1.98. The summed E-state index contributed by atoms with van der Waals surface area (Å²) >= 11 is 0. The average molecular weight is 171 g/mol. The molecule has 0 radical (unpaired) electrons. The van der Waals surface area contributed by atoms with Gasteiger partial charge in [0.15, 0.2) is 0 Å². The summed E-state index contributed by atoms with van der Waals surface area (Å²) < 4.78 is 0. The van der Waals surface area contributed by atoms with Crippen LogP contribution < -0.4 is 0 Å². The number of unbranched alkanes of at least 4 members (excludes halogenated alkanes) is 3. The van der Waals surface area contributed by atoms with Gasteiger partial charge in [-0.3, -0.25) is 4.99 Å². The van der Waals surface area contributed by atoms with Gasteiger partial charge in [0.2, 0.25) is 0 Å². The Labute approximate surface area is 73.5 Å². The molecule has 0 amide bonds. The number of nitrogens with zero attached hydrogens (tertiary/aromatic N) is 1. The molecule has 0 aromatic carbocycles. The zero-order valence-electron chi connectivity index (χ0n) is 7.84. The first-order chi connectivity index (χ1) is 5.68. The smallest absolute Gasteiger partial charge is 0.349 e. The van der Waals surface area contributed by atoms with Crippen LogP contribution in [0.4, 0.5) is 0 Å². The molecular formula is C9H17NO2. The topological polar surface area (TPSA) is 49.7 Å². The normalized spacial score (nSPS) is 11.7. The van der Waals surface area contributed by atoms with Gasteiger partial charge in [-0.05, 0) is 13.3 Å². The molecule has 12 heavy (non-hydrogen) atoms. The van der Waals surface area contributed by atoms with Gasteiger partial charge >= 0.3 is 5.97 Å². The molecular weight excluding hydrogens is 154 g/mol. The monoisotopic (exact) mass is 171 g/mol. The third-order valence-electron chi connectivity index (χ3n) is 1.67. The van der Waals surface area contributed by atoms with Crippen molar-refractivity contribution in [3.8, 4) is 0 Å². The van der Waals surface area contributed by atoms with E-state index in [4.69, 9.17) is 5.11 Å². The van der Waals surface area contributed by atoms with Gasteiger partial charge in [0.05, 0.1) is 0 Å². The number of aliphatic imine (C=N–C) groups is 1. The van der Waals surface area contributed by atoms with Crippen LogP contribution in [0.2, 0.25) is 0 Å². The highest BCUT2D eigenvalue weighted by molar-refractivity contribution is 6.34. The molecule has 70 valence electrons. The summed E-state index contributed by atoms with van der Waals surface area (Å²) in [5.74, 6) is -0.912. The summed E-state index contributed by atoms with van der Waals surface area (Å²) in [5, 5.41) is 8.45. The minimum Gasteiger partial charge on any atom is -0.477 e. The zero-order valence-corrected chi connectivity index (χ0v) is 7.84. The Balaban J connectivity index is 3.40. The van der Waals surface area contributed by atoms with Crippen molar-refractivity contribution in [3.63, 3.8) is 0 Å². The number of carboxylic acids is 1. The standard InChI is InChI=1S/C9H17NO2/c1-3-4-5-6-7-10-8(2)9(11)12/h3-7H2,1-2H3,(H,11,12). The molecule has 0 atom stereocenters. The Kier molecular flexibility index (Phi) is 6.34. The Hall–Kier alpha value is -0.860. The van der Waals surface area contributed by atoms with Crippen LogP contribution in [-0.4, -0.2) is 23.3 Å². The van der Waals surface area contributed by atoms with Gasteiger partial charge in [0, 0.05) is 6.54 Å². The minimum absolute atomic E-state index is 0.214. The molecule has 0 fully saturated rings. The van der Waals surface area contributed by atoms with E-state index in [1.54, 1.807) is 0 Å². The third-order valence-corrected chi connectivity index (χ3v) is 1.67. The molecule has 3 nitrogen and oxygen atoms in total. The predicted octanol–water partition coefficient (Wildman–Crippen LogP) is 2.11. The molecule has 0 spiro atoms. The molecule has 0 aliphatic heterocycles. The largest absolute Gasteiger partial charge is 0.477 e. The van der Waals surface area contributed by atoms with E-state index in [0.29, 0.717) is 6.54 Å². The maximum Gasteiger partial charge on any atom is 0.349 e. The van der Waals surface area contributed by atoms with Crippen molar-refractivity contribution in [3.05, 3.63) is 0 Å². The van der Waals surface area contributed by atoms with Crippen molar-refractivity contribution in [1.82, 2.24) is 0 Å². The van der Waals surface area contributed by atoms with Crippen LogP contribution in [0.25, 0.3) is 0 Å². The number of hydrogen-bond acceptors (Lipinski definition) is 2. The van der Waals surface area contributed by atoms with E-state index in [1.165, 1.54) is 19.8 Å². The molecule has 0 heterocycles. The van der Waals surface area contributed by atoms with Crippen LogP contribution in [0, 0.1) is 0 Å². The van der Waals surface area contributed by atoms with Gasteiger partial charge in [0.1, 0.15) is 5.71 Å². The predicted molar refractivity (Wildman–Crippen MR) is 49.8 cm³/mol. The van der Waals surface area contributed by atoms with Gasteiger partial charge in [-0.25, -0.2) is 4.79 Å². The molecule has 0 aliphatic carbocycles. The van der Waals surface area contributed by atoms with Crippen LogP contribution in [0.15, 0.2) is 4.99 Å². The Morgan fingerprint density at radius 1 is 1.33 bits per heavy atom. The number of aliphatic carboxylic acids is 1. The van der Waals surface area contributed by atoms with E-state index in [9.17, 15) is 4.79 Å². The second-order valence-corrected chi connectivity index (χ2v) is 2.83. The third kappa shape index (κ3) is 5.89. The number of rotatable bonds is 6. The average Bonchev–Trinajstić information content (AvgIpc) is 2.03. The second kappa shape index (κ2) is 6.83. The first-order valence-electron chi connectivity index (χ1n) is 4.42. The quantitative estimate of drug-likeness (QED) is 0.491. The fourth-order valence-corrected chi connectivity index (χ4v) is 0.853. The molecule has 0 aromatic rings. The maximum atomic E-state index is 10.3. The van der Waals surface area contributed by atoms with Crippen LogP contribution >= 0.6 is 0 Å². The van der Waals surface area contributed by atoms with E-state index >= 15 is 0 Å². The van der Waals surface area contributed by atoms with Gasteiger partial charge in [-0.2, -0.15) is 0 Å². The maximum absolute atomic E-state index is 10.3. The lowest BCUT2D eigenvalue weighted by Gasteiger charge is -1.95. The van der Waals surface area contributed by atoms with E-state index in [2.05, 4.69) is 11.9 Å². The summed E-state index contributed by atoms with van der Waals surface area (Å²) in [4.78, 5) is 14.2. The lowest BCUT2D eigenvalue weighted by atomic mass is 10.2. The van der Waals surface area contributed by atoms with Crippen molar-refractivity contribution in [2.75, 3.05) is 6.54 Å². The lowest BCUT2D eigenvalue weighted by molar-refractivity contribution is -0.129. The Bertz CT molecular complexity index is 164. The summed E-state index contributed by atoms with van der Waals surface area (Å²) in [7, 11) is 0. The van der Waals surface area contributed by atoms with Gasteiger partial charge < -0.3 is 5.11 Å². The number of carbonyl (C=O) groups is 1. The summed E-state index contributed by atoms with van der Waals surface area (Å²) in [6.45, 7) is 4.33. The van der Waals surface area contributed by atoms with Crippen LogP contribution in [0.1, 0.15) is 39.5 Å². The lowest BCUT2D eigenvalue weighted by Crippen LogP contribution is -2.08. The van der Waals surface area contributed by atoms with Crippen LogP contribution in [0.5, 0.6) is 0 Å². The van der Waals surface area contributed by atoms with Crippen molar-refractivity contribution < 1.29 is 9.90 Å². The molecule has 0 saturated carbocycles. The fourth-order valence-electron chi connectivity index (χ4n) is 0.853. The molecule has 0 unspecified atom stereocenters. The van der Waals surface area contributed by atoms with Crippen LogP contribution in [0.3, 0.4) is 0 Å². The summed E-state index contributed by atoms with van der Waals surface area (Å²) in [5.41, 5.74) is 0.214. The summed E-state index contributed by atoms with van der Waals surface area (Å²) in [6, 6.07) is 0. The highest BCUT2D eigenvalue weighted by atomic mass is 16.4. The first kappa shape index (κ1) is 11.1. The van der Waals surface area contributed by atoms with Gasteiger partial charge in [0.25, 0.3) is 0 Å². The fraction of sp³-hybridized carbons (Fsp3) is 0.778. The van der Waals surface area contributed by atoms with Gasteiger partial charge in [-0.15, -0.1) is 0 Å². The Morgan fingerprint density at radius 2 is 2.00 bits per heavy atom. The van der Waals surface area contributed by atoms with Crippen molar-refractivity contribution >= 4 is 11.7 Å². The second-order valence-electron chi connectivity index (χ2n) is 2.83. The SMILES string of the molecule is CCCCCCN=C(C)C(=O)O. The number of carboxylic acid groups (broad SMARTS) is 1. The molecule has 0 saturated heterocycles. The van der Waals surface area contributed by atoms with Crippen molar-refractivity contribution in [2.24, 2.45) is 4.99 Å². The van der Waals surface area contributed by atoms with Crippen molar-refractivity contribution in [2.45, 2.75) is 39.5 Å².